The first-order chi connectivity index (χ1) is 6.95. The van der Waals surface area contributed by atoms with Crippen molar-refractivity contribution in [3.63, 3.8) is 0 Å². The minimum absolute atomic E-state index is 0.0488. The molecule has 1 aromatic carbocycles. The molecule has 3 nitrogen and oxygen atoms in total. The van der Waals surface area contributed by atoms with Crippen molar-refractivity contribution in [3.05, 3.63) is 28.7 Å². The van der Waals surface area contributed by atoms with E-state index in [1.165, 1.54) is 0 Å². The summed E-state index contributed by atoms with van der Waals surface area (Å²) in [5.74, 6) is -0.0488. The van der Waals surface area contributed by atoms with E-state index < -0.39 is 5.54 Å². The van der Waals surface area contributed by atoms with Gasteiger partial charge in [-0.1, -0.05) is 15.9 Å². The van der Waals surface area contributed by atoms with Crippen molar-refractivity contribution >= 4 is 27.5 Å². The van der Waals surface area contributed by atoms with Gasteiger partial charge in [0.05, 0.1) is 5.54 Å². The Morgan fingerprint density at radius 1 is 1.27 bits per heavy atom. The molecule has 0 aliphatic rings. The van der Waals surface area contributed by atoms with Crippen molar-refractivity contribution < 1.29 is 4.79 Å². The van der Waals surface area contributed by atoms with Crippen molar-refractivity contribution in [2.75, 3.05) is 12.4 Å². The summed E-state index contributed by atoms with van der Waals surface area (Å²) >= 11 is 3.34. The van der Waals surface area contributed by atoms with Crippen LogP contribution < -0.4 is 10.6 Å². The number of anilines is 1. The zero-order valence-electron chi connectivity index (χ0n) is 9.10. The number of halogens is 1. The molecule has 0 unspecified atom stereocenters. The third kappa shape index (κ3) is 3.32. The lowest BCUT2D eigenvalue weighted by Crippen LogP contribution is -2.47. The quantitative estimate of drug-likeness (QED) is 0.886. The molecule has 0 aliphatic heterocycles. The maximum absolute atomic E-state index is 11.8. The van der Waals surface area contributed by atoms with Crippen LogP contribution in [0.3, 0.4) is 0 Å². The van der Waals surface area contributed by atoms with Gasteiger partial charge in [0.1, 0.15) is 0 Å². The zero-order chi connectivity index (χ0) is 11.5. The van der Waals surface area contributed by atoms with E-state index in [0.29, 0.717) is 0 Å². The van der Waals surface area contributed by atoms with E-state index in [2.05, 4.69) is 26.6 Å². The van der Waals surface area contributed by atoms with Gasteiger partial charge in [-0.15, -0.1) is 0 Å². The Balaban J connectivity index is 2.71. The fourth-order valence-electron chi connectivity index (χ4n) is 0.934. The van der Waals surface area contributed by atoms with Gasteiger partial charge >= 0.3 is 0 Å². The molecule has 0 radical (unpaired) electrons. The average Bonchev–Trinajstić information content (AvgIpc) is 2.21. The van der Waals surface area contributed by atoms with E-state index in [4.69, 9.17) is 0 Å². The second-order valence-electron chi connectivity index (χ2n) is 3.84. The van der Waals surface area contributed by atoms with E-state index in [0.717, 1.165) is 10.2 Å². The first-order valence-electron chi connectivity index (χ1n) is 4.71. The van der Waals surface area contributed by atoms with Crippen molar-refractivity contribution in [2.45, 2.75) is 19.4 Å². The second kappa shape index (κ2) is 4.77. The molecule has 0 atom stereocenters. The number of carbonyl (C=O) groups is 1. The highest BCUT2D eigenvalue weighted by atomic mass is 79.9. The van der Waals surface area contributed by atoms with Crippen LogP contribution in [0.25, 0.3) is 0 Å². The predicted octanol–water partition coefficient (Wildman–Crippen LogP) is 2.39. The van der Waals surface area contributed by atoms with Gasteiger partial charge in [0.15, 0.2) is 0 Å². The number of likely N-dealkylation sites (N-methyl/N-ethyl adjacent to an activating group) is 1. The van der Waals surface area contributed by atoms with Gasteiger partial charge in [0, 0.05) is 10.2 Å². The number of nitrogens with one attached hydrogen (secondary N) is 2. The number of amides is 1. The molecule has 0 spiro atoms. The van der Waals surface area contributed by atoms with Gasteiger partial charge in [-0.25, -0.2) is 0 Å². The molecule has 1 rings (SSSR count). The normalized spacial score (nSPS) is 11.2. The van der Waals surface area contributed by atoms with Crippen LogP contribution >= 0.6 is 15.9 Å². The maximum atomic E-state index is 11.8. The Hall–Kier alpha value is -0.870. The summed E-state index contributed by atoms with van der Waals surface area (Å²) in [4.78, 5) is 11.8. The van der Waals surface area contributed by atoms with Crippen LogP contribution in [-0.2, 0) is 4.79 Å². The summed E-state index contributed by atoms with van der Waals surface area (Å²) in [5, 5.41) is 5.79. The topological polar surface area (TPSA) is 41.1 Å². The van der Waals surface area contributed by atoms with Gasteiger partial charge < -0.3 is 10.6 Å². The van der Waals surface area contributed by atoms with Crippen molar-refractivity contribution in [2.24, 2.45) is 0 Å². The summed E-state index contributed by atoms with van der Waals surface area (Å²) in [6.07, 6.45) is 0. The molecule has 15 heavy (non-hydrogen) atoms. The van der Waals surface area contributed by atoms with E-state index >= 15 is 0 Å². The molecule has 0 bridgehead atoms. The minimum atomic E-state index is -0.562. The molecule has 0 fully saturated rings. The minimum Gasteiger partial charge on any atom is -0.325 e. The van der Waals surface area contributed by atoms with Crippen LogP contribution in [0.5, 0.6) is 0 Å². The Labute approximate surface area is 98.4 Å². The lowest BCUT2D eigenvalue weighted by atomic mass is 10.1. The van der Waals surface area contributed by atoms with E-state index in [9.17, 15) is 4.79 Å². The monoisotopic (exact) mass is 270 g/mol. The lowest BCUT2D eigenvalue weighted by Gasteiger charge is -2.22. The molecule has 0 aromatic heterocycles. The van der Waals surface area contributed by atoms with E-state index in [-0.39, 0.29) is 5.91 Å². The van der Waals surface area contributed by atoms with Gasteiger partial charge in [-0.05, 0) is 45.2 Å². The average molecular weight is 271 g/mol. The Morgan fingerprint density at radius 3 is 2.27 bits per heavy atom. The van der Waals surface area contributed by atoms with Crippen LogP contribution in [0.2, 0.25) is 0 Å². The van der Waals surface area contributed by atoms with Crippen LogP contribution in [0.1, 0.15) is 13.8 Å². The van der Waals surface area contributed by atoms with Gasteiger partial charge in [0.25, 0.3) is 0 Å². The Morgan fingerprint density at radius 2 is 1.80 bits per heavy atom. The van der Waals surface area contributed by atoms with Crippen LogP contribution in [0.15, 0.2) is 28.7 Å². The molecule has 4 heteroatoms. The molecule has 82 valence electrons. The molecule has 0 saturated carbocycles. The molecule has 0 heterocycles. The summed E-state index contributed by atoms with van der Waals surface area (Å²) in [6, 6.07) is 7.49. The smallest absolute Gasteiger partial charge is 0.244 e. The maximum Gasteiger partial charge on any atom is 0.244 e. The Bertz CT molecular complexity index is 346. The molecule has 0 aliphatic carbocycles. The van der Waals surface area contributed by atoms with Gasteiger partial charge in [-0.3, -0.25) is 4.79 Å². The highest BCUT2D eigenvalue weighted by molar-refractivity contribution is 9.10. The van der Waals surface area contributed by atoms with Crippen molar-refractivity contribution in [1.82, 2.24) is 5.32 Å². The molecular formula is C11H15BrN2O. The number of benzene rings is 1. The number of hydrogen-bond acceptors (Lipinski definition) is 2. The fourth-order valence-corrected chi connectivity index (χ4v) is 1.20. The molecule has 0 saturated heterocycles. The fraction of sp³-hybridized carbons (Fsp3) is 0.364. The van der Waals surface area contributed by atoms with E-state index in [1.54, 1.807) is 7.05 Å². The molecule has 2 N–H and O–H groups in total. The SMILES string of the molecule is CNC(C)(C)C(=O)Nc1ccc(Br)cc1. The van der Waals surface area contributed by atoms with Crippen LogP contribution in [0, 0.1) is 0 Å². The highest BCUT2D eigenvalue weighted by Crippen LogP contribution is 2.15. The van der Waals surface area contributed by atoms with Crippen molar-refractivity contribution in [1.29, 1.82) is 0 Å². The van der Waals surface area contributed by atoms with Crippen molar-refractivity contribution in [3.8, 4) is 0 Å². The van der Waals surface area contributed by atoms with Gasteiger partial charge in [-0.2, -0.15) is 0 Å². The molecule has 1 aromatic rings. The first kappa shape index (κ1) is 12.2. The van der Waals surface area contributed by atoms with Crippen LogP contribution in [-0.4, -0.2) is 18.5 Å². The number of rotatable bonds is 3. The molecule has 1 amide bonds. The molecular weight excluding hydrogens is 256 g/mol. The Kier molecular flexibility index (Phi) is 3.88. The number of hydrogen-bond donors (Lipinski definition) is 2. The number of carbonyl (C=O) groups excluding carboxylic acids is 1. The lowest BCUT2D eigenvalue weighted by molar-refractivity contribution is -0.121. The summed E-state index contributed by atoms with van der Waals surface area (Å²) in [7, 11) is 1.77. The highest BCUT2D eigenvalue weighted by Gasteiger charge is 2.24. The predicted molar refractivity (Wildman–Crippen MR) is 65.9 cm³/mol. The third-order valence-corrected chi connectivity index (χ3v) is 2.82. The van der Waals surface area contributed by atoms with Crippen LogP contribution in [0.4, 0.5) is 5.69 Å². The first-order valence-corrected chi connectivity index (χ1v) is 5.51. The standard InChI is InChI=1S/C11H15BrN2O/c1-11(2,13-3)10(15)14-9-6-4-8(12)5-7-9/h4-7,13H,1-3H3,(H,14,15). The zero-order valence-corrected chi connectivity index (χ0v) is 10.7. The summed E-state index contributed by atoms with van der Waals surface area (Å²) in [5.41, 5.74) is 0.235. The van der Waals surface area contributed by atoms with E-state index in [1.807, 2.05) is 38.1 Å². The largest absolute Gasteiger partial charge is 0.325 e. The van der Waals surface area contributed by atoms with Gasteiger partial charge in [0.2, 0.25) is 5.91 Å². The second-order valence-corrected chi connectivity index (χ2v) is 4.75. The third-order valence-electron chi connectivity index (χ3n) is 2.29. The summed E-state index contributed by atoms with van der Waals surface area (Å²) < 4.78 is 0.994. The summed E-state index contributed by atoms with van der Waals surface area (Å²) in [6.45, 7) is 3.67.